The molecule has 0 amide bonds. The molecular weight excluding hydrogens is 179 g/mol. The fourth-order valence-corrected chi connectivity index (χ4v) is 1.75. The van der Waals surface area contributed by atoms with Crippen molar-refractivity contribution in [2.45, 2.75) is 32.4 Å². The Labute approximate surface area is 83.6 Å². The molecule has 3 heteroatoms. The molecule has 1 aliphatic rings. The van der Waals surface area contributed by atoms with Gasteiger partial charge in [0.2, 0.25) is 5.95 Å². The number of hydrogen-bond donors (Lipinski definition) is 1. The Balaban J connectivity index is 1.85. The van der Waals surface area contributed by atoms with Gasteiger partial charge in [0, 0.05) is 12.6 Å². The lowest BCUT2D eigenvalue weighted by molar-refractivity contribution is 0.227. The van der Waals surface area contributed by atoms with Gasteiger partial charge in [-0.15, -0.1) is 0 Å². The fourth-order valence-electron chi connectivity index (χ4n) is 1.75. The minimum Gasteiger partial charge on any atom is -0.308 e. The van der Waals surface area contributed by atoms with Crippen molar-refractivity contribution < 1.29 is 4.39 Å². The number of nitrogens with zero attached hydrogens (tertiary/aromatic N) is 1. The van der Waals surface area contributed by atoms with Crippen LogP contribution in [0.2, 0.25) is 0 Å². The van der Waals surface area contributed by atoms with Gasteiger partial charge in [0.05, 0.1) is 5.69 Å². The topological polar surface area (TPSA) is 24.9 Å². The largest absolute Gasteiger partial charge is 0.308 e. The summed E-state index contributed by atoms with van der Waals surface area (Å²) in [4.78, 5) is 3.80. The van der Waals surface area contributed by atoms with E-state index in [0.717, 1.165) is 11.6 Å². The summed E-state index contributed by atoms with van der Waals surface area (Å²) < 4.78 is 12.7. The van der Waals surface area contributed by atoms with Crippen LogP contribution in [0.3, 0.4) is 0 Å². The first-order chi connectivity index (χ1) is 6.75. The van der Waals surface area contributed by atoms with Crippen molar-refractivity contribution in [2.75, 3.05) is 0 Å². The maximum absolute atomic E-state index is 12.7. The van der Waals surface area contributed by atoms with Crippen LogP contribution in [-0.4, -0.2) is 11.0 Å². The molecule has 2 rings (SSSR count). The number of pyridine rings is 1. The lowest BCUT2D eigenvalue weighted by Crippen LogP contribution is -2.42. The van der Waals surface area contributed by atoms with Crippen LogP contribution in [0.1, 0.15) is 25.5 Å². The SMILES string of the molecule is CC1CCC1NCc1cccc(F)n1. The van der Waals surface area contributed by atoms with Crippen LogP contribution in [0.25, 0.3) is 0 Å². The molecule has 0 aliphatic heterocycles. The van der Waals surface area contributed by atoms with Gasteiger partial charge in [0.15, 0.2) is 0 Å². The Hall–Kier alpha value is -0.960. The molecule has 1 aliphatic carbocycles. The highest BCUT2D eigenvalue weighted by molar-refractivity contribution is 5.04. The monoisotopic (exact) mass is 194 g/mol. The third kappa shape index (κ3) is 2.10. The quantitative estimate of drug-likeness (QED) is 0.745. The zero-order valence-electron chi connectivity index (χ0n) is 8.33. The van der Waals surface area contributed by atoms with E-state index in [1.165, 1.54) is 18.9 Å². The molecule has 1 aromatic rings. The minimum atomic E-state index is -0.397. The first-order valence-electron chi connectivity index (χ1n) is 5.10. The van der Waals surface area contributed by atoms with Crippen molar-refractivity contribution in [1.29, 1.82) is 0 Å². The molecule has 2 nitrogen and oxygen atoms in total. The summed E-state index contributed by atoms with van der Waals surface area (Å²) >= 11 is 0. The minimum absolute atomic E-state index is 0.397. The standard InChI is InChI=1S/C11H15FN2/c1-8-5-6-10(8)13-7-9-3-2-4-11(12)14-9/h2-4,8,10,13H,5-7H2,1H3. The number of nitrogens with one attached hydrogen (secondary N) is 1. The normalized spacial score (nSPS) is 25.9. The maximum atomic E-state index is 12.7. The molecule has 0 bridgehead atoms. The Kier molecular flexibility index (Phi) is 2.77. The highest BCUT2D eigenvalue weighted by Gasteiger charge is 2.25. The highest BCUT2D eigenvalue weighted by atomic mass is 19.1. The van der Waals surface area contributed by atoms with E-state index >= 15 is 0 Å². The van der Waals surface area contributed by atoms with E-state index < -0.39 is 5.95 Å². The van der Waals surface area contributed by atoms with Crippen LogP contribution < -0.4 is 5.32 Å². The van der Waals surface area contributed by atoms with Crippen LogP contribution in [-0.2, 0) is 6.54 Å². The van der Waals surface area contributed by atoms with Gasteiger partial charge in [0.1, 0.15) is 0 Å². The van der Waals surface area contributed by atoms with E-state index in [9.17, 15) is 4.39 Å². The molecule has 2 unspecified atom stereocenters. The third-order valence-corrected chi connectivity index (χ3v) is 2.94. The number of aromatic nitrogens is 1. The molecule has 14 heavy (non-hydrogen) atoms. The second-order valence-corrected chi connectivity index (χ2v) is 3.99. The van der Waals surface area contributed by atoms with Crippen LogP contribution in [0.15, 0.2) is 18.2 Å². The number of rotatable bonds is 3. The average Bonchev–Trinajstić information content (AvgIpc) is 2.16. The van der Waals surface area contributed by atoms with Crippen molar-refractivity contribution in [2.24, 2.45) is 5.92 Å². The smallest absolute Gasteiger partial charge is 0.213 e. The molecule has 1 fully saturated rings. The summed E-state index contributed by atoms with van der Waals surface area (Å²) in [7, 11) is 0. The molecule has 0 radical (unpaired) electrons. The van der Waals surface area contributed by atoms with E-state index in [1.54, 1.807) is 6.07 Å². The highest BCUT2D eigenvalue weighted by Crippen LogP contribution is 2.26. The van der Waals surface area contributed by atoms with Gasteiger partial charge in [-0.05, 0) is 30.9 Å². The van der Waals surface area contributed by atoms with E-state index in [1.807, 2.05) is 6.07 Å². The Bertz CT molecular complexity index is 314. The lowest BCUT2D eigenvalue weighted by atomic mass is 9.81. The van der Waals surface area contributed by atoms with Crippen molar-refractivity contribution in [1.82, 2.24) is 10.3 Å². The van der Waals surface area contributed by atoms with Gasteiger partial charge in [-0.25, -0.2) is 4.98 Å². The van der Waals surface area contributed by atoms with Crippen LogP contribution in [0, 0.1) is 11.9 Å². The maximum Gasteiger partial charge on any atom is 0.213 e. The molecule has 1 heterocycles. The molecule has 76 valence electrons. The first-order valence-corrected chi connectivity index (χ1v) is 5.10. The molecule has 0 saturated heterocycles. The zero-order chi connectivity index (χ0) is 9.97. The Morgan fingerprint density at radius 1 is 1.50 bits per heavy atom. The second-order valence-electron chi connectivity index (χ2n) is 3.99. The Morgan fingerprint density at radius 2 is 2.36 bits per heavy atom. The van der Waals surface area contributed by atoms with Gasteiger partial charge in [-0.3, -0.25) is 0 Å². The summed E-state index contributed by atoms with van der Waals surface area (Å²) in [5, 5.41) is 3.38. The molecule has 2 atom stereocenters. The van der Waals surface area contributed by atoms with Gasteiger partial charge in [-0.2, -0.15) is 4.39 Å². The molecule has 1 aromatic heterocycles. The average molecular weight is 194 g/mol. The zero-order valence-corrected chi connectivity index (χ0v) is 8.33. The predicted molar refractivity (Wildman–Crippen MR) is 53.2 cm³/mol. The van der Waals surface area contributed by atoms with Crippen LogP contribution in [0.5, 0.6) is 0 Å². The summed E-state index contributed by atoms with van der Waals surface area (Å²) in [5.41, 5.74) is 0.782. The van der Waals surface area contributed by atoms with E-state index in [4.69, 9.17) is 0 Å². The number of hydrogen-bond acceptors (Lipinski definition) is 2. The molecular formula is C11H15FN2. The molecule has 1 N–H and O–H groups in total. The van der Waals surface area contributed by atoms with E-state index in [0.29, 0.717) is 12.6 Å². The van der Waals surface area contributed by atoms with Crippen LogP contribution in [0.4, 0.5) is 4.39 Å². The molecule has 1 saturated carbocycles. The van der Waals surface area contributed by atoms with Gasteiger partial charge < -0.3 is 5.32 Å². The molecule has 0 spiro atoms. The lowest BCUT2D eigenvalue weighted by Gasteiger charge is -2.34. The summed E-state index contributed by atoms with van der Waals surface area (Å²) in [5.74, 6) is 0.356. The van der Waals surface area contributed by atoms with Crippen molar-refractivity contribution in [3.05, 3.63) is 29.8 Å². The predicted octanol–water partition coefficient (Wildman–Crippen LogP) is 2.11. The second kappa shape index (κ2) is 4.05. The number of halogens is 1. The fraction of sp³-hybridized carbons (Fsp3) is 0.545. The third-order valence-electron chi connectivity index (χ3n) is 2.94. The van der Waals surface area contributed by atoms with E-state index in [2.05, 4.69) is 17.2 Å². The summed E-state index contributed by atoms with van der Waals surface area (Å²) in [6.45, 7) is 2.91. The van der Waals surface area contributed by atoms with E-state index in [-0.39, 0.29) is 0 Å². The Morgan fingerprint density at radius 3 is 2.93 bits per heavy atom. The van der Waals surface area contributed by atoms with Crippen LogP contribution >= 0.6 is 0 Å². The van der Waals surface area contributed by atoms with Gasteiger partial charge in [0.25, 0.3) is 0 Å². The van der Waals surface area contributed by atoms with Gasteiger partial charge in [-0.1, -0.05) is 13.0 Å². The first kappa shape index (κ1) is 9.59. The van der Waals surface area contributed by atoms with Crippen molar-refractivity contribution in [3.63, 3.8) is 0 Å². The van der Waals surface area contributed by atoms with Crippen molar-refractivity contribution in [3.8, 4) is 0 Å². The summed E-state index contributed by atoms with van der Waals surface area (Å²) in [6, 6.07) is 5.51. The molecule has 0 aromatic carbocycles. The van der Waals surface area contributed by atoms with Crippen molar-refractivity contribution >= 4 is 0 Å². The summed E-state index contributed by atoms with van der Waals surface area (Å²) in [6.07, 6.45) is 2.53. The van der Waals surface area contributed by atoms with Gasteiger partial charge >= 0.3 is 0 Å².